The summed E-state index contributed by atoms with van der Waals surface area (Å²) in [6, 6.07) is 6.84. The highest BCUT2D eigenvalue weighted by atomic mass is 16.5. The summed E-state index contributed by atoms with van der Waals surface area (Å²) in [5, 5.41) is 0. The van der Waals surface area contributed by atoms with Crippen molar-refractivity contribution >= 4 is 11.7 Å². The Morgan fingerprint density at radius 2 is 2.00 bits per heavy atom. The van der Waals surface area contributed by atoms with Gasteiger partial charge in [0.05, 0.1) is 5.56 Å². The molecule has 18 heavy (non-hydrogen) atoms. The molecule has 1 heterocycles. The van der Waals surface area contributed by atoms with Gasteiger partial charge in [0.2, 0.25) is 0 Å². The summed E-state index contributed by atoms with van der Waals surface area (Å²) in [4.78, 5) is 19.8. The highest BCUT2D eigenvalue weighted by Gasteiger charge is 2.12. The normalized spacial score (nSPS) is 10.1. The molecule has 0 spiro atoms. The number of carbonyl (C=O) groups is 1. The zero-order chi connectivity index (χ0) is 13.0. The maximum atomic E-state index is 11.9. The molecule has 0 atom stereocenters. The minimum atomic E-state index is -0.424. The standard InChI is InChI=1S/C13H13N3O2/c1-9-10(4-2-5-11(9)14)13(17)18-8-12-15-6-3-7-16-12/h2-7H,8,14H2,1H3. The number of carbonyl (C=O) groups excluding carboxylic acids is 1. The van der Waals surface area contributed by atoms with Crippen molar-refractivity contribution in [3.05, 3.63) is 53.6 Å². The summed E-state index contributed by atoms with van der Waals surface area (Å²) in [6.45, 7) is 1.83. The van der Waals surface area contributed by atoms with Gasteiger partial charge in [0.25, 0.3) is 0 Å². The van der Waals surface area contributed by atoms with E-state index in [4.69, 9.17) is 10.5 Å². The fraction of sp³-hybridized carbons (Fsp3) is 0.154. The number of nitrogens with zero attached hydrogens (tertiary/aromatic N) is 2. The first-order valence-electron chi connectivity index (χ1n) is 5.46. The molecule has 0 bridgehead atoms. The zero-order valence-corrected chi connectivity index (χ0v) is 9.96. The quantitative estimate of drug-likeness (QED) is 0.656. The minimum absolute atomic E-state index is 0.0495. The molecule has 5 heteroatoms. The van der Waals surface area contributed by atoms with E-state index in [-0.39, 0.29) is 6.61 Å². The maximum absolute atomic E-state index is 11.9. The molecule has 1 aromatic heterocycles. The van der Waals surface area contributed by atoms with Gasteiger partial charge in [0, 0.05) is 18.1 Å². The Kier molecular flexibility index (Phi) is 3.52. The van der Waals surface area contributed by atoms with E-state index in [2.05, 4.69) is 9.97 Å². The van der Waals surface area contributed by atoms with Crippen LogP contribution >= 0.6 is 0 Å². The van der Waals surface area contributed by atoms with Crippen LogP contribution in [0.3, 0.4) is 0 Å². The van der Waals surface area contributed by atoms with Crippen molar-refractivity contribution in [3.63, 3.8) is 0 Å². The first kappa shape index (κ1) is 12.0. The number of aromatic nitrogens is 2. The van der Waals surface area contributed by atoms with E-state index in [9.17, 15) is 4.79 Å². The third-order valence-electron chi connectivity index (χ3n) is 2.55. The molecule has 0 aliphatic carbocycles. The summed E-state index contributed by atoms with van der Waals surface area (Å²) in [5.41, 5.74) is 7.49. The van der Waals surface area contributed by atoms with Crippen LogP contribution in [0.4, 0.5) is 5.69 Å². The molecule has 0 saturated carbocycles. The lowest BCUT2D eigenvalue weighted by Crippen LogP contribution is -2.09. The predicted molar refractivity (Wildman–Crippen MR) is 66.7 cm³/mol. The van der Waals surface area contributed by atoms with Gasteiger partial charge >= 0.3 is 5.97 Å². The molecule has 0 unspecified atom stereocenters. The largest absolute Gasteiger partial charge is 0.454 e. The van der Waals surface area contributed by atoms with Crippen LogP contribution < -0.4 is 5.73 Å². The first-order chi connectivity index (χ1) is 8.68. The minimum Gasteiger partial charge on any atom is -0.454 e. The van der Waals surface area contributed by atoms with E-state index in [0.717, 1.165) is 5.56 Å². The SMILES string of the molecule is Cc1c(N)cccc1C(=O)OCc1ncccn1. The van der Waals surface area contributed by atoms with Crippen LogP contribution in [-0.2, 0) is 11.3 Å². The molecule has 0 radical (unpaired) electrons. The average Bonchev–Trinajstić information content (AvgIpc) is 2.40. The van der Waals surface area contributed by atoms with Crippen LogP contribution in [0.15, 0.2) is 36.7 Å². The fourth-order valence-corrected chi connectivity index (χ4v) is 1.49. The molecule has 0 aliphatic heterocycles. The lowest BCUT2D eigenvalue weighted by Gasteiger charge is -2.07. The summed E-state index contributed by atoms with van der Waals surface area (Å²) >= 11 is 0. The van der Waals surface area contributed by atoms with Gasteiger partial charge in [-0.2, -0.15) is 0 Å². The van der Waals surface area contributed by atoms with Crippen LogP contribution in [0.2, 0.25) is 0 Å². The molecule has 2 rings (SSSR count). The van der Waals surface area contributed by atoms with Crippen LogP contribution in [0, 0.1) is 6.92 Å². The zero-order valence-electron chi connectivity index (χ0n) is 9.96. The Bertz CT molecular complexity index is 555. The molecule has 0 saturated heterocycles. The van der Waals surface area contributed by atoms with Crippen molar-refractivity contribution < 1.29 is 9.53 Å². The number of nitrogen functional groups attached to an aromatic ring is 1. The molecular formula is C13H13N3O2. The van der Waals surface area contributed by atoms with Gasteiger partial charge in [-0.1, -0.05) is 6.07 Å². The molecule has 0 aliphatic rings. The third-order valence-corrected chi connectivity index (χ3v) is 2.55. The monoisotopic (exact) mass is 243 g/mol. The fourth-order valence-electron chi connectivity index (χ4n) is 1.49. The molecule has 1 aromatic carbocycles. The summed E-state index contributed by atoms with van der Waals surface area (Å²) in [6.07, 6.45) is 3.20. The number of hydrogen-bond acceptors (Lipinski definition) is 5. The van der Waals surface area contributed by atoms with E-state index in [0.29, 0.717) is 17.1 Å². The Morgan fingerprint density at radius 3 is 2.72 bits per heavy atom. The lowest BCUT2D eigenvalue weighted by molar-refractivity contribution is 0.0461. The van der Waals surface area contributed by atoms with Gasteiger partial charge in [-0.15, -0.1) is 0 Å². The van der Waals surface area contributed by atoms with Crippen molar-refractivity contribution in [2.24, 2.45) is 0 Å². The summed E-state index contributed by atoms with van der Waals surface area (Å²) < 4.78 is 5.13. The van der Waals surface area contributed by atoms with Crippen LogP contribution in [0.5, 0.6) is 0 Å². The number of ether oxygens (including phenoxy) is 1. The molecule has 2 aromatic rings. The van der Waals surface area contributed by atoms with Crippen molar-refractivity contribution in [3.8, 4) is 0 Å². The van der Waals surface area contributed by atoms with E-state index >= 15 is 0 Å². The Hall–Kier alpha value is -2.43. The Balaban J connectivity index is 2.07. The van der Waals surface area contributed by atoms with Gasteiger partial charge in [0.1, 0.15) is 0 Å². The number of esters is 1. The van der Waals surface area contributed by atoms with E-state index in [1.807, 2.05) is 0 Å². The molecule has 92 valence electrons. The average molecular weight is 243 g/mol. The van der Waals surface area contributed by atoms with Gasteiger partial charge < -0.3 is 10.5 Å². The number of nitrogens with two attached hydrogens (primary N) is 1. The van der Waals surface area contributed by atoms with E-state index in [1.54, 1.807) is 43.6 Å². The van der Waals surface area contributed by atoms with Crippen molar-refractivity contribution in [2.45, 2.75) is 13.5 Å². The Labute approximate surface area is 105 Å². The third kappa shape index (κ3) is 2.63. The van der Waals surface area contributed by atoms with Gasteiger partial charge in [0.15, 0.2) is 12.4 Å². The predicted octanol–water partition coefficient (Wildman–Crippen LogP) is 1.72. The highest BCUT2D eigenvalue weighted by Crippen LogP contribution is 2.16. The van der Waals surface area contributed by atoms with Gasteiger partial charge in [-0.25, -0.2) is 14.8 Å². The number of hydrogen-bond donors (Lipinski definition) is 1. The van der Waals surface area contributed by atoms with Crippen LogP contribution in [0.25, 0.3) is 0 Å². The van der Waals surface area contributed by atoms with Crippen molar-refractivity contribution in [1.82, 2.24) is 9.97 Å². The van der Waals surface area contributed by atoms with Crippen molar-refractivity contribution in [2.75, 3.05) is 5.73 Å². The van der Waals surface area contributed by atoms with Crippen LogP contribution in [0.1, 0.15) is 21.7 Å². The molecule has 0 amide bonds. The summed E-state index contributed by atoms with van der Waals surface area (Å²) in [7, 11) is 0. The van der Waals surface area contributed by atoms with Crippen molar-refractivity contribution in [1.29, 1.82) is 0 Å². The Morgan fingerprint density at radius 1 is 1.28 bits per heavy atom. The number of rotatable bonds is 3. The highest BCUT2D eigenvalue weighted by molar-refractivity contribution is 5.92. The number of benzene rings is 1. The second-order valence-corrected chi connectivity index (χ2v) is 3.76. The van der Waals surface area contributed by atoms with Gasteiger partial charge in [-0.3, -0.25) is 0 Å². The first-order valence-corrected chi connectivity index (χ1v) is 5.46. The van der Waals surface area contributed by atoms with Gasteiger partial charge in [-0.05, 0) is 30.7 Å². The number of anilines is 1. The molecular weight excluding hydrogens is 230 g/mol. The lowest BCUT2D eigenvalue weighted by atomic mass is 10.1. The molecule has 5 nitrogen and oxygen atoms in total. The molecule has 2 N–H and O–H groups in total. The van der Waals surface area contributed by atoms with E-state index in [1.165, 1.54) is 0 Å². The smallest absolute Gasteiger partial charge is 0.338 e. The maximum Gasteiger partial charge on any atom is 0.338 e. The topological polar surface area (TPSA) is 78.1 Å². The second kappa shape index (κ2) is 5.27. The van der Waals surface area contributed by atoms with E-state index < -0.39 is 5.97 Å². The van der Waals surface area contributed by atoms with Crippen LogP contribution in [-0.4, -0.2) is 15.9 Å². The molecule has 0 fully saturated rings. The summed E-state index contributed by atoms with van der Waals surface area (Å²) in [5.74, 6) is 0.0414. The second-order valence-electron chi connectivity index (χ2n) is 3.76.